The topological polar surface area (TPSA) is 68.8 Å². The van der Waals surface area contributed by atoms with E-state index in [0.29, 0.717) is 13.0 Å². The largest absolute Gasteiger partial charge is 0.497 e. The van der Waals surface area contributed by atoms with Crippen molar-refractivity contribution in [3.8, 4) is 5.75 Å². The van der Waals surface area contributed by atoms with E-state index in [0.717, 1.165) is 60.4 Å². The van der Waals surface area contributed by atoms with Crippen LogP contribution in [0.15, 0.2) is 42.5 Å². The van der Waals surface area contributed by atoms with Crippen molar-refractivity contribution in [2.24, 2.45) is 0 Å². The third-order valence-corrected chi connectivity index (χ3v) is 7.79. The minimum Gasteiger partial charge on any atom is -0.497 e. The second kappa shape index (κ2) is 9.04. The van der Waals surface area contributed by atoms with Gasteiger partial charge in [0.05, 0.1) is 19.8 Å². The average Bonchev–Trinajstić information content (AvgIpc) is 3.24. The minimum atomic E-state index is -0.379. The van der Waals surface area contributed by atoms with Gasteiger partial charge in [-0.05, 0) is 61.7 Å². The van der Waals surface area contributed by atoms with Crippen molar-refractivity contribution in [3.63, 3.8) is 0 Å². The van der Waals surface area contributed by atoms with E-state index in [9.17, 15) is 14.3 Å². The van der Waals surface area contributed by atoms with Gasteiger partial charge in [0, 0.05) is 48.1 Å². The summed E-state index contributed by atoms with van der Waals surface area (Å²) < 4.78 is 19.5. The van der Waals surface area contributed by atoms with Crippen molar-refractivity contribution in [2.45, 2.75) is 37.6 Å². The zero-order valence-corrected chi connectivity index (χ0v) is 19.8. The number of aliphatic hydroxyl groups excluding tert-OH is 1. The highest BCUT2D eigenvalue weighted by atomic mass is 19.1. The summed E-state index contributed by atoms with van der Waals surface area (Å²) >= 11 is 0. The summed E-state index contributed by atoms with van der Waals surface area (Å²) in [6, 6.07) is 12.6. The smallest absolute Gasteiger partial charge is 0.220 e. The van der Waals surface area contributed by atoms with Gasteiger partial charge < -0.3 is 24.6 Å². The number of carbonyl (C=O) groups excluding carboxylic acids is 1. The first-order chi connectivity index (χ1) is 16.5. The summed E-state index contributed by atoms with van der Waals surface area (Å²) in [7, 11) is 1.65. The molecular formula is C27H32FN3O3. The van der Waals surface area contributed by atoms with Crippen molar-refractivity contribution in [1.82, 2.24) is 14.8 Å². The molecular weight excluding hydrogens is 433 g/mol. The molecule has 3 heterocycles. The van der Waals surface area contributed by atoms with E-state index < -0.39 is 0 Å². The number of benzene rings is 2. The second-order valence-corrected chi connectivity index (χ2v) is 9.63. The summed E-state index contributed by atoms with van der Waals surface area (Å²) in [6.07, 6.45) is 2.49. The predicted molar refractivity (Wildman–Crippen MR) is 130 cm³/mol. The molecule has 3 aromatic rings. The molecule has 2 aliphatic heterocycles. The van der Waals surface area contributed by atoms with Crippen LogP contribution in [0.25, 0.3) is 10.9 Å². The van der Waals surface area contributed by atoms with Gasteiger partial charge in [-0.1, -0.05) is 18.2 Å². The number of aliphatic hydroxyl groups is 1. The number of piperidine rings is 1. The number of likely N-dealkylation sites (tertiary alicyclic amines) is 1. The van der Waals surface area contributed by atoms with E-state index in [-0.39, 0.29) is 29.8 Å². The Hall–Kier alpha value is -2.90. The molecule has 1 fully saturated rings. The van der Waals surface area contributed by atoms with Crippen LogP contribution in [0.4, 0.5) is 4.39 Å². The van der Waals surface area contributed by atoms with Gasteiger partial charge in [-0.2, -0.15) is 0 Å². The summed E-state index contributed by atoms with van der Waals surface area (Å²) in [5.74, 6) is 0.601. The number of amides is 1. The van der Waals surface area contributed by atoms with Crippen molar-refractivity contribution in [3.05, 3.63) is 65.1 Å². The Morgan fingerprint density at radius 3 is 2.68 bits per heavy atom. The molecule has 0 bridgehead atoms. The molecule has 1 saturated heterocycles. The van der Waals surface area contributed by atoms with Crippen LogP contribution in [0.1, 0.15) is 42.6 Å². The first kappa shape index (κ1) is 22.9. The molecule has 0 radical (unpaired) electrons. The Balaban J connectivity index is 1.45. The fraction of sp³-hybridized carbons (Fsp3) is 0.444. The average molecular weight is 466 g/mol. The van der Waals surface area contributed by atoms with Crippen LogP contribution in [-0.4, -0.2) is 65.7 Å². The Morgan fingerprint density at radius 2 is 2.00 bits per heavy atom. The maximum absolute atomic E-state index is 14.1. The quantitative estimate of drug-likeness (QED) is 0.602. The number of H-pyrrole nitrogens is 1. The van der Waals surface area contributed by atoms with Crippen molar-refractivity contribution >= 4 is 16.8 Å². The fourth-order valence-corrected chi connectivity index (χ4v) is 5.93. The molecule has 1 atom stereocenters. The van der Waals surface area contributed by atoms with Crippen LogP contribution in [0.3, 0.4) is 0 Å². The number of halogens is 1. The molecule has 1 aromatic heterocycles. The van der Waals surface area contributed by atoms with Gasteiger partial charge in [0.15, 0.2) is 0 Å². The highest BCUT2D eigenvalue weighted by molar-refractivity contribution is 5.88. The van der Waals surface area contributed by atoms with Gasteiger partial charge in [0.2, 0.25) is 5.91 Å². The summed E-state index contributed by atoms with van der Waals surface area (Å²) in [5.41, 5.74) is 3.70. The third kappa shape index (κ3) is 3.87. The number of carbonyl (C=O) groups is 1. The number of hydrogen-bond acceptors (Lipinski definition) is 4. The number of methoxy groups -OCH3 is 1. The Morgan fingerprint density at radius 1 is 1.24 bits per heavy atom. The summed E-state index contributed by atoms with van der Waals surface area (Å²) in [6.45, 7) is 4.63. The summed E-state index contributed by atoms with van der Waals surface area (Å²) in [4.78, 5) is 20.4. The lowest BCUT2D eigenvalue weighted by molar-refractivity contribution is -0.135. The Labute approximate surface area is 199 Å². The molecule has 1 amide bonds. The van der Waals surface area contributed by atoms with Gasteiger partial charge in [0.1, 0.15) is 11.6 Å². The molecule has 2 aliphatic rings. The standard InChI is InChI=1S/C27H32FN3O3/c1-18(33)31-17-27(10-13-30(14-11-27)12-9-19-5-3-4-6-22(19)28)25-21-8-7-20(34-2)15-23(21)29-26(25)24(31)16-32/h3-8,15,24,29,32H,9-14,16-17H2,1-2H3/t24-/m0/s1. The van der Waals surface area contributed by atoms with Crippen molar-refractivity contribution < 1.29 is 19.0 Å². The van der Waals surface area contributed by atoms with E-state index in [4.69, 9.17) is 4.74 Å². The lowest BCUT2D eigenvalue weighted by atomic mass is 9.68. The zero-order chi connectivity index (χ0) is 23.9. The van der Waals surface area contributed by atoms with Crippen LogP contribution in [0, 0.1) is 5.82 Å². The van der Waals surface area contributed by atoms with Crippen molar-refractivity contribution in [2.75, 3.05) is 39.9 Å². The van der Waals surface area contributed by atoms with Crippen molar-refractivity contribution in [1.29, 1.82) is 0 Å². The van der Waals surface area contributed by atoms with Gasteiger partial charge in [-0.3, -0.25) is 4.79 Å². The van der Waals surface area contributed by atoms with Crippen LogP contribution in [0.5, 0.6) is 5.75 Å². The maximum atomic E-state index is 14.1. The minimum absolute atomic E-state index is 0.0257. The number of nitrogens with zero attached hydrogens (tertiary/aromatic N) is 2. The molecule has 0 saturated carbocycles. The predicted octanol–water partition coefficient (Wildman–Crippen LogP) is 3.79. The zero-order valence-electron chi connectivity index (χ0n) is 19.8. The highest BCUT2D eigenvalue weighted by Crippen LogP contribution is 2.49. The van der Waals surface area contributed by atoms with Crippen LogP contribution in [0.2, 0.25) is 0 Å². The second-order valence-electron chi connectivity index (χ2n) is 9.63. The molecule has 5 rings (SSSR count). The number of rotatable bonds is 5. The lowest BCUT2D eigenvalue weighted by Gasteiger charge is -2.50. The number of hydrogen-bond donors (Lipinski definition) is 2. The first-order valence-corrected chi connectivity index (χ1v) is 12.0. The monoisotopic (exact) mass is 465 g/mol. The van der Waals surface area contributed by atoms with Gasteiger partial charge >= 0.3 is 0 Å². The molecule has 2 aromatic carbocycles. The SMILES string of the molecule is COc1ccc2c3c([nH]c2c1)[C@H](CO)N(C(C)=O)CC31CCN(CCc2ccccc2F)CC1. The lowest BCUT2D eigenvalue weighted by Crippen LogP contribution is -2.55. The number of nitrogens with one attached hydrogen (secondary N) is 1. The number of aromatic amines is 1. The molecule has 0 unspecified atom stereocenters. The van der Waals surface area contributed by atoms with Crippen LogP contribution >= 0.6 is 0 Å². The van der Waals surface area contributed by atoms with Gasteiger partial charge in [-0.25, -0.2) is 4.39 Å². The molecule has 2 N–H and O–H groups in total. The first-order valence-electron chi connectivity index (χ1n) is 12.0. The van der Waals surface area contributed by atoms with Gasteiger partial charge in [0.25, 0.3) is 0 Å². The molecule has 0 aliphatic carbocycles. The van der Waals surface area contributed by atoms with E-state index >= 15 is 0 Å². The number of ether oxygens (including phenoxy) is 1. The van der Waals surface area contributed by atoms with E-state index in [1.807, 2.05) is 29.2 Å². The van der Waals surface area contributed by atoms with Gasteiger partial charge in [-0.15, -0.1) is 0 Å². The Bertz CT molecular complexity index is 1200. The van der Waals surface area contributed by atoms with Crippen LogP contribution in [-0.2, 0) is 16.6 Å². The highest BCUT2D eigenvalue weighted by Gasteiger charge is 2.48. The number of fused-ring (bicyclic) bond motifs is 4. The fourth-order valence-electron chi connectivity index (χ4n) is 5.93. The van der Waals surface area contributed by atoms with E-state index in [1.54, 1.807) is 20.1 Å². The summed E-state index contributed by atoms with van der Waals surface area (Å²) in [5, 5.41) is 11.4. The number of aromatic nitrogens is 1. The molecule has 180 valence electrons. The molecule has 6 nitrogen and oxygen atoms in total. The molecule has 34 heavy (non-hydrogen) atoms. The Kier molecular flexibility index (Phi) is 6.08. The maximum Gasteiger partial charge on any atom is 0.220 e. The van der Waals surface area contributed by atoms with E-state index in [1.165, 1.54) is 11.6 Å². The molecule has 1 spiro atoms. The third-order valence-electron chi connectivity index (χ3n) is 7.79. The molecule has 7 heteroatoms. The van der Waals surface area contributed by atoms with Crippen LogP contribution < -0.4 is 4.74 Å². The van der Waals surface area contributed by atoms with E-state index in [2.05, 4.69) is 16.0 Å². The normalized spacial score (nSPS) is 20.0.